The van der Waals surface area contributed by atoms with Gasteiger partial charge in [-0.1, -0.05) is 6.07 Å². The van der Waals surface area contributed by atoms with Gasteiger partial charge in [-0.2, -0.15) is 0 Å². The zero-order valence-corrected chi connectivity index (χ0v) is 13.5. The second kappa shape index (κ2) is 6.23. The molecule has 3 nitrogen and oxygen atoms in total. The van der Waals surface area contributed by atoms with Gasteiger partial charge in [0.15, 0.2) is 0 Å². The number of thiazole rings is 1. The third-order valence-corrected chi connectivity index (χ3v) is 5.57. The van der Waals surface area contributed by atoms with Crippen LogP contribution in [0.4, 0.5) is 0 Å². The molecule has 3 aromatic rings. The number of hydrogen-bond donors (Lipinski definition) is 2. The van der Waals surface area contributed by atoms with Gasteiger partial charge in [-0.05, 0) is 54.8 Å². The number of aryl methyl sites for hydroxylation is 2. The molecule has 22 heavy (non-hydrogen) atoms. The zero-order valence-electron chi connectivity index (χ0n) is 12.7. The summed E-state index contributed by atoms with van der Waals surface area (Å²) in [6.07, 6.45) is 8.13. The van der Waals surface area contributed by atoms with E-state index in [1.165, 1.54) is 52.9 Å². The fourth-order valence-corrected chi connectivity index (χ4v) is 4.31. The van der Waals surface area contributed by atoms with E-state index in [1.807, 2.05) is 17.5 Å². The lowest BCUT2D eigenvalue weighted by molar-refractivity contribution is 0.670. The molecule has 0 saturated carbocycles. The van der Waals surface area contributed by atoms with Crippen molar-refractivity contribution in [2.24, 2.45) is 0 Å². The van der Waals surface area contributed by atoms with E-state index < -0.39 is 0 Å². The van der Waals surface area contributed by atoms with Crippen LogP contribution in [-0.4, -0.2) is 16.5 Å². The largest absolute Gasteiger partial charge is 0.361 e. The number of H-pyrrole nitrogens is 1. The van der Waals surface area contributed by atoms with Crippen LogP contribution in [-0.2, 0) is 25.8 Å². The Morgan fingerprint density at radius 1 is 1.18 bits per heavy atom. The summed E-state index contributed by atoms with van der Waals surface area (Å²) in [6.45, 7) is 1.92. The zero-order chi connectivity index (χ0) is 14.8. The van der Waals surface area contributed by atoms with Crippen LogP contribution in [0.15, 0.2) is 30.5 Å². The highest BCUT2D eigenvalue weighted by Gasteiger charge is 2.14. The molecule has 2 N–H and O–H groups in total. The van der Waals surface area contributed by atoms with E-state index in [0.717, 1.165) is 19.5 Å². The molecule has 0 saturated heterocycles. The monoisotopic (exact) mass is 311 g/mol. The predicted molar refractivity (Wildman–Crippen MR) is 92.5 cm³/mol. The normalized spacial score (nSPS) is 14.4. The van der Waals surface area contributed by atoms with E-state index in [1.54, 1.807) is 4.88 Å². The van der Waals surface area contributed by atoms with E-state index in [4.69, 9.17) is 4.98 Å². The molecule has 0 bridgehead atoms. The van der Waals surface area contributed by atoms with Gasteiger partial charge < -0.3 is 10.3 Å². The number of aromatic nitrogens is 2. The summed E-state index contributed by atoms with van der Waals surface area (Å²) in [6, 6.07) is 8.72. The Morgan fingerprint density at radius 3 is 3.09 bits per heavy atom. The lowest BCUT2D eigenvalue weighted by Gasteiger charge is -2.06. The second-order valence-electron chi connectivity index (χ2n) is 6.01. The van der Waals surface area contributed by atoms with Crippen molar-refractivity contribution < 1.29 is 0 Å². The van der Waals surface area contributed by atoms with E-state index in [0.29, 0.717) is 0 Å². The first-order valence-corrected chi connectivity index (χ1v) is 8.94. The van der Waals surface area contributed by atoms with Crippen molar-refractivity contribution in [3.05, 3.63) is 51.6 Å². The van der Waals surface area contributed by atoms with Crippen LogP contribution < -0.4 is 5.32 Å². The average Bonchev–Trinajstić information content (AvgIpc) is 3.17. The molecule has 0 aliphatic heterocycles. The Bertz CT molecular complexity index is 748. The molecule has 2 heterocycles. The molecule has 0 unspecified atom stereocenters. The number of aromatic amines is 1. The molecule has 0 spiro atoms. The minimum atomic E-state index is 0.923. The van der Waals surface area contributed by atoms with Crippen molar-refractivity contribution in [2.45, 2.75) is 38.6 Å². The van der Waals surface area contributed by atoms with Gasteiger partial charge >= 0.3 is 0 Å². The van der Waals surface area contributed by atoms with Crippen LogP contribution in [0.2, 0.25) is 0 Å². The van der Waals surface area contributed by atoms with Gasteiger partial charge in [0.05, 0.1) is 10.7 Å². The Balaban J connectivity index is 1.30. The van der Waals surface area contributed by atoms with E-state index in [-0.39, 0.29) is 0 Å². The standard InChI is InChI=1S/C18H21N3S/c1-2-4-17-16(3-1)21-18(22-17)8-9-19-12-13-5-6-15-14(11-13)7-10-20-15/h5-7,10-11,19-20H,1-4,8-9,12H2. The number of fused-ring (bicyclic) bond motifs is 2. The quantitative estimate of drug-likeness (QED) is 0.703. The van der Waals surface area contributed by atoms with Crippen molar-refractivity contribution in [1.82, 2.24) is 15.3 Å². The molecule has 1 aliphatic carbocycles. The van der Waals surface area contributed by atoms with Crippen LogP contribution in [0.1, 0.15) is 34.0 Å². The number of nitrogens with one attached hydrogen (secondary N) is 2. The van der Waals surface area contributed by atoms with Crippen LogP contribution in [0.5, 0.6) is 0 Å². The minimum Gasteiger partial charge on any atom is -0.361 e. The summed E-state index contributed by atoms with van der Waals surface area (Å²) in [5.74, 6) is 0. The fraction of sp³-hybridized carbons (Fsp3) is 0.389. The predicted octanol–water partition coefficient (Wildman–Crippen LogP) is 3.84. The Kier molecular flexibility index (Phi) is 3.95. The van der Waals surface area contributed by atoms with Crippen molar-refractivity contribution in [3.8, 4) is 0 Å². The maximum Gasteiger partial charge on any atom is 0.0943 e. The molecule has 4 rings (SSSR count). The Morgan fingerprint density at radius 2 is 2.14 bits per heavy atom. The van der Waals surface area contributed by atoms with Crippen molar-refractivity contribution in [1.29, 1.82) is 0 Å². The summed E-state index contributed by atoms with van der Waals surface area (Å²) in [5, 5.41) is 6.13. The third kappa shape index (κ3) is 2.94. The van der Waals surface area contributed by atoms with Gasteiger partial charge in [-0.3, -0.25) is 0 Å². The maximum atomic E-state index is 4.80. The average molecular weight is 311 g/mol. The third-order valence-electron chi connectivity index (χ3n) is 4.35. The van der Waals surface area contributed by atoms with Gasteiger partial charge in [0.25, 0.3) is 0 Å². The molecule has 1 aromatic carbocycles. The first-order valence-electron chi connectivity index (χ1n) is 8.13. The Hall–Kier alpha value is -1.65. The van der Waals surface area contributed by atoms with E-state index in [2.05, 4.69) is 34.6 Å². The number of nitrogens with zero attached hydrogens (tertiary/aromatic N) is 1. The highest BCUT2D eigenvalue weighted by Crippen LogP contribution is 2.26. The Labute approximate surface area is 134 Å². The topological polar surface area (TPSA) is 40.7 Å². The molecule has 0 atom stereocenters. The van der Waals surface area contributed by atoms with E-state index >= 15 is 0 Å². The molecule has 114 valence electrons. The molecular formula is C18H21N3S. The molecule has 0 radical (unpaired) electrons. The van der Waals surface area contributed by atoms with Gasteiger partial charge in [0.2, 0.25) is 0 Å². The summed E-state index contributed by atoms with van der Waals surface area (Å²) in [7, 11) is 0. The van der Waals surface area contributed by atoms with Gasteiger partial charge in [-0.15, -0.1) is 11.3 Å². The fourth-order valence-electron chi connectivity index (χ4n) is 3.15. The highest BCUT2D eigenvalue weighted by molar-refractivity contribution is 7.11. The smallest absolute Gasteiger partial charge is 0.0943 e. The number of benzene rings is 1. The van der Waals surface area contributed by atoms with Crippen molar-refractivity contribution >= 4 is 22.2 Å². The van der Waals surface area contributed by atoms with Gasteiger partial charge in [0.1, 0.15) is 0 Å². The van der Waals surface area contributed by atoms with Crippen LogP contribution in [0.25, 0.3) is 10.9 Å². The van der Waals surface area contributed by atoms with Crippen molar-refractivity contribution in [3.63, 3.8) is 0 Å². The van der Waals surface area contributed by atoms with E-state index in [9.17, 15) is 0 Å². The first-order chi connectivity index (χ1) is 10.9. The number of hydrogen-bond acceptors (Lipinski definition) is 3. The van der Waals surface area contributed by atoms with Crippen LogP contribution in [0.3, 0.4) is 0 Å². The minimum absolute atomic E-state index is 0.923. The lowest BCUT2D eigenvalue weighted by Crippen LogP contribution is -2.16. The van der Waals surface area contributed by atoms with Gasteiger partial charge in [0, 0.05) is 36.1 Å². The molecule has 0 fully saturated rings. The summed E-state index contributed by atoms with van der Waals surface area (Å²) in [5.41, 5.74) is 3.92. The van der Waals surface area contributed by atoms with Crippen LogP contribution >= 0.6 is 11.3 Å². The highest BCUT2D eigenvalue weighted by atomic mass is 32.1. The van der Waals surface area contributed by atoms with Crippen LogP contribution in [0, 0.1) is 0 Å². The summed E-state index contributed by atoms with van der Waals surface area (Å²) >= 11 is 1.93. The molecule has 1 aliphatic rings. The van der Waals surface area contributed by atoms with Crippen molar-refractivity contribution in [2.75, 3.05) is 6.54 Å². The summed E-state index contributed by atoms with van der Waals surface area (Å²) < 4.78 is 0. The second-order valence-corrected chi connectivity index (χ2v) is 7.18. The molecular weight excluding hydrogens is 290 g/mol. The maximum absolute atomic E-state index is 4.80. The molecule has 4 heteroatoms. The van der Waals surface area contributed by atoms with Gasteiger partial charge in [-0.25, -0.2) is 4.98 Å². The number of rotatable bonds is 5. The molecule has 2 aromatic heterocycles. The summed E-state index contributed by atoms with van der Waals surface area (Å²) in [4.78, 5) is 9.58. The lowest BCUT2D eigenvalue weighted by atomic mass is 10.0. The SMILES string of the molecule is c1cc2cc(CNCCc3nc4c(s3)CCCC4)ccc2[nH]1. The molecule has 0 amide bonds. The first kappa shape index (κ1) is 14.0.